The van der Waals surface area contributed by atoms with E-state index in [2.05, 4.69) is 43.9 Å². The van der Waals surface area contributed by atoms with Crippen LogP contribution < -0.4 is 14.3 Å². The van der Waals surface area contributed by atoms with Crippen molar-refractivity contribution in [3.63, 3.8) is 0 Å². The van der Waals surface area contributed by atoms with E-state index in [1.165, 1.54) is 11.3 Å². The average molecular weight is 467 g/mol. The fourth-order valence-corrected chi connectivity index (χ4v) is 4.62. The monoisotopic (exact) mass is 466 g/mol. The van der Waals surface area contributed by atoms with Crippen LogP contribution >= 0.6 is 39.0 Å². The Morgan fingerprint density at radius 2 is 1.96 bits per heavy atom. The third-order valence-corrected chi connectivity index (χ3v) is 6.12. The molecular weight excluding hydrogens is 448 g/mol. The smallest absolute Gasteiger partial charge is 0.279 e. The summed E-state index contributed by atoms with van der Waals surface area (Å²) in [6.07, 6.45) is 2.07. The third kappa shape index (κ3) is 4.39. The van der Waals surface area contributed by atoms with Crippen LogP contribution in [-0.2, 0) is 6.54 Å². The average Bonchev–Trinajstić information content (AvgIpc) is 3.01. The van der Waals surface area contributed by atoms with Crippen molar-refractivity contribution in [2.45, 2.75) is 6.54 Å². The van der Waals surface area contributed by atoms with Gasteiger partial charge >= 0.3 is 0 Å². The van der Waals surface area contributed by atoms with Gasteiger partial charge in [-0.15, -0.1) is 0 Å². The van der Waals surface area contributed by atoms with Crippen molar-refractivity contribution in [2.75, 3.05) is 26.2 Å². The number of hydrogen-bond acceptors (Lipinski definition) is 5. The van der Waals surface area contributed by atoms with Crippen molar-refractivity contribution in [1.82, 2.24) is 4.57 Å². The van der Waals surface area contributed by atoms with Crippen LogP contribution in [0.2, 0.25) is 0 Å². The van der Waals surface area contributed by atoms with Gasteiger partial charge in [0, 0.05) is 22.3 Å². The molecule has 3 rings (SSSR count). The molecule has 0 N–H and O–H groups in total. The predicted octanol–water partition coefficient (Wildman–Crippen LogP) is 4.59. The maximum absolute atomic E-state index is 12.8. The van der Waals surface area contributed by atoms with Gasteiger partial charge in [0.15, 0.2) is 16.3 Å². The van der Waals surface area contributed by atoms with Crippen molar-refractivity contribution in [1.29, 1.82) is 0 Å². The first-order chi connectivity index (χ1) is 13.1. The molecule has 2 aromatic carbocycles. The molecule has 5 nitrogen and oxygen atoms in total. The second-order valence-corrected chi connectivity index (χ2v) is 8.54. The van der Waals surface area contributed by atoms with E-state index >= 15 is 0 Å². The summed E-state index contributed by atoms with van der Waals surface area (Å²) in [5, 5.41) is 0. The number of methoxy groups -OCH3 is 2. The Morgan fingerprint density at radius 1 is 1.19 bits per heavy atom. The molecule has 0 aliphatic carbocycles. The quantitative estimate of drug-likeness (QED) is 0.533. The number of thiazole rings is 1. The van der Waals surface area contributed by atoms with E-state index in [9.17, 15) is 4.79 Å². The summed E-state index contributed by atoms with van der Waals surface area (Å²) in [7, 11) is 3.11. The van der Waals surface area contributed by atoms with Gasteiger partial charge in [-0.2, -0.15) is 16.8 Å². The van der Waals surface area contributed by atoms with Gasteiger partial charge in [0.25, 0.3) is 5.91 Å². The van der Waals surface area contributed by atoms with E-state index in [1.807, 2.05) is 6.07 Å². The molecule has 0 aliphatic heterocycles. The van der Waals surface area contributed by atoms with E-state index < -0.39 is 0 Å². The maximum Gasteiger partial charge on any atom is 0.279 e. The molecule has 0 saturated carbocycles. The molecule has 8 heteroatoms. The van der Waals surface area contributed by atoms with Gasteiger partial charge in [-0.3, -0.25) is 4.79 Å². The minimum atomic E-state index is -0.306. The molecule has 1 heterocycles. The van der Waals surface area contributed by atoms with Gasteiger partial charge in [-0.1, -0.05) is 27.3 Å². The highest BCUT2D eigenvalue weighted by molar-refractivity contribution is 9.10. The van der Waals surface area contributed by atoms with Crippen LogP contribution in [0.1, 0.15) is 10.4 Å². The number of carbonyl (C=O) groups excluding carboxylic acids is 1. The molecule has 1 aromatic heterocycles. The van der Waals surface area contributed by atoms with Gasteiger partial charge < -0.3 is 14.0 Å². The lowest BCUT2D eigenvalue weighted by Crippen LogP contribution is -2.18. The normalized spacial score (nSPS) is 11.8. The van der Waals surface area contributed by atoms with Crippen LogP contribution in [0.3, 0.4) is 0 Å². The third-order valence-electron chi connectivity index (χ3n) is 3.99. The Kier molecular flexibility index (Phi) is 6.62. The number of aryl methyl sites for hydroxylation is 1. The highest BCUT2D eigenvalue weighted by Gasteiger charge is 2.12. The fraction of sp³-hybridized carbons (Fsp3) is 0.263. The van der Waals surface area contributed by atoms with Crippen molar-refractivity contribution >= 4 is 55.2 Å². The predicted molar refractivity (Wildman–Crippen MR) is 115 cm³/mol. The largest absolute Gasteiger partial charge is 0.493 e. The van der Waals surface area contributed by atoms with E-state index in [1.54, 1.807) is 44.2 Å². The number of aromatic nitrogens is 1. The lowest BCUT2D eigenvalue weighted by molar-refractivity contribution is 0.0997. The number of amides is 1. The van der Waals surface area contributed by atoms with Crippen LogP contribution in [0.5, 0.6) is 11.5 Å². The first-order valence-corrected chi connectivity index (χ1v) is 11.2. The SMILES string of the molecule is COc1ccc(C(=O)N=c2sc3cc(Br)ccc3n2CCSC)cc1OC. The number of rotatable bonds is 6. The number of ether oxygens (including phenoxy) is 2. The molecule has 0 unspecified atom stereocenters. The summed E-state index contributed by atoms with van der Waals surface area (Å²) in [6.45, 7) is 0.793. The highest BCUT2D eigenvalue weighted by atomic mass is 79.9. The molecule has 0 bridgehead atoms. The van der Waals surface area contributed by atoms with Crippen LogP contribution in [0.4, 0.5) is 0 Å². The number of hydrogen-bond donors (Lipinski definition) is 0. The van der Waals surface area contributed by atoms with Crippen LogP contribution in [-0.4, -0.2) is 36.7 Å². The number of nitrogens with zero attached hydrogens (tertiary/aromatic N) is 2. The molecule has 142 valence electrons. The molecule has 27 heavy (non-hydrogen) atoms. The zero-order chi connectivity index (χ0) is 19.4. The standard InChI is InChI=1S/C19H19BrN2O3S2/c1-24-15-7-4-12(10-16(15)25-2)18(23)21-19-22(8-9-26-3)14-6-5-13(20)11-17(14)27-19/h4-7,10-11H,8-9H2,1-3H3. The van der Waals surface area contributed by atoms with Gasteiger partial charge in [0.2, 0.25) is 0 Å². The minimum absolute atomic E-state index is 0.306. The summed E-state index contributed by atoms with van der Waals surface area (Å²) in [4.78, 5) is 17.9. The van der Waals surface area contributed by atoms with Crippen LogP contribution in [0.15, 0.2) is 45.9 Å². The summed E-state index contributed by atoms with van der Waals surface area (Å²) in [5.41, 5.74) is 1.54. The molecule has 1 amide bonds. The first-order valence-electron chi connectivity index (χ1n) is 8.16. The Labute approximate surface area is 174 Å². The van der Waals surface area contributed by atoms with Gasteiger partial charge in [0.1, 0.15) is 0 Å². The Bertz CT molecular complexity index is 1040. The Morgan fingerprint density at radius 3 is 2.67 bits per heavy atom. The molecule has 0 aliphatic rings. The van der Waals surface area contributed by atoms with Crippen molar-refractivity contribution in [3.05, 3.63) is 51.2 Å². The topological polar surface area (TPSA) is 52.8 Å². The summed E-state index contributed by atoms with van der Waals surface area (Å²) in [5.74, 6) is 1.73. The second kappa shape index (κ2) is 8.95. The van der Waals surface area contributed by atoms with Gasteiger partial charge in [0.05, 0.1) is 24.4 Å². The molecule has 0 saturated heterocycles. The fourth-order valence-electron chi connectivity index (χ4n) is 2.65. The lowest BCUT2D eigenvalue weighted by Gasteiger charge is -2.08. The summed E-state index contributed by atoms with van der Waals surface area (Å²) >= 11 is 6.78. The molecule has 0 fully saturated rings. The molecule has 0 spiro atoms. The number of carbonyl (C=O) groups is 1. The number of halogens is 1. The molecular formula is C19H19BrN2O3S2. The van der Waals surface area contributed by atoms with Crippen LogP contribution in [0, 0.1) is 0 Å². The Balaban J connectivity index is 2.07. The van der Waals surface area contributed by atoms with Crippen molar-refractivity contribution in [2.24, 2.45) is 4.99 Å². The van der Waals surface area contributed by atoms with Gasteiger partial charge in [-0.25, -0.2) is 0 Å². The first kappa shape index (κ1) is 20.0. The number of thioether (sulfide) groups is 1. The Hall–Kier alpha value is -1.77. The van der Waals surface area contributed by atoms with Crippen molar-refractivity contribution < 1.29 is 14.3 Å². The van der Waals surface area contributed by atoms with E-state index in [-0.39, 0.29) is 5.91 Å². The highest BCUT2D eigenvalue weighted by Crippen LogP contribution is 2.28. The van der Waals surface area contributed by atoms with E-state index in [0.717, 1.165) is 27.0 Å². The summed E-state index contributed by atoms with van der Waals surface area (Å²) in [6, 6.07) is 11.2. The summed E-state index contributed by atoms with van der Waals surface area (Å²) < 4.78 is 14.7. The molecule has 0 atom stereocenters. The molecule has 3 aromatic rings. The molecule has 0 radical (unpaired) electrons. The minimum Gasteiger partial charge on any atom is -0.493 e. The lowest BCUT2D eigenvalue weighted by atomic mass is 10.2. The maximum atomic E-state index is 12.8. The van der Waals surface area contributed by atoms with Crippen molar-refractivity contribution in [3.8, 4) is 11.5 Å². The van der Waals surface area contributed by atoms with E-state index in [0.29, 0.717) is 21.9 Å². The number of benzene rings is 2. The van der Waals surface area contributed by atoms with Gasteiger partial charge in [-0.05, 0) is 42.7 Å². The second-order valence-electron chi connectivity index (χ2n) is 5.63. The van der Waals surface area contributed by atoms with E-state index in [4.69, 9.17) is 9.47 Å². The number of fused-ring (bicyclic) bond motifs is 1. The zero-order valence-corrected chi connectivity index (χ0v) is 18.4. The van der Waals surface area contributed by atoms with Crippen LogP contribution in [0.25, 0.3) is 10.2 Å². The zero-order valence-electron chi connectivity index (χ0n) is 15.2.